The minimum absolute atomic E-state index is 0.0253. The second-order valence-electron chi connectivity index (χ2n) is 6.90. The number of thioether (sulfide) groups is 1. The molecule has 0 radical (unpaired) electrons. The lowest BCUT2D eigenvalue weighted by Crippen LogP contribution is -2.55. The summed E-state index contributed by atoms with van der Waals surface area (Å²) in [6, 6.07) is 11.2. The molecule has 9 heteroatoms. The Morgan fingerprint density at radius 3 is 2.90 bits per heavy atom. The Bertz CT molecular complexity index is 1150. The Hall–Kier alpha value is -2.52. The number of anilines is 1. The Kier molecular flexibility index (Phi) is 6.01. The molecule has 3 aromatic rings. The number of aromatic nitrogens is 3. The number of benzene rings is 2. The summed E-state index contributed by atoms with van der Waals surface area (Å²) in [7, 11) is 1.50. The second-order valence-corrected chi connectivity index (χ2v) is 8.84. The fourth-order valence-electron chi connectivity index (χ4n) is 3.40. The minimum atomic E-state index is -0.450. The molecule has 156 valence electrons. The normalized spacial score (nSPS) is 14.6. The van der Waals surface area contributed by atoms with E-state index in [0.717, 1.165) is 35.4 Å². The topological polar surface area (TPSA) is 91.1 Å². The number of unbranched alkanes of at least 4 members (excludes halogenated alkanes) is 1. The lowest BCUT2D eigenvalue weighted by molar-refractivity contribution is -0.759. The molecule has 0 unspecified atom stereocenters. The van der Waals surface area contributed by atoms with E-state index in [2.05, 4.69) is 33.2 Å². The van der Waals surface area contributed by atoms with Crippen molar-refractivity contribution in [1.82, 2.24) is 10.1 Å². The van der Waals surface area contributed by atoms with Gasteiger partial charge < -0.3 is 15.2 Å². The molecule has 0 saturated carbocycles. The first-order valence-corrected chi connectivity index (χ1v) is 11.4. The van der Waals surface area contributed by atoms with Crippen molar-refractivity contribution < 1.29 is 14.5 Å². The van der Waals surface area contributed by atoms with Crippen LogP contribution in [0.15, 0.2) is 50.8 Å². The average Bonchev–Trinajstić information content (AvgIpc) is 2.75. The standard InChI is InChI=1S/C21H21BrN4O3S/c1-3-4-9-30-21-24-20(28)17-13-7-5-6-8-15(13)23-19(26(17)25-21)12-10-14(22)18(27)16(11-12)29-2/h5-8,10-11,19H,3-4,9H2,1-2H3,(H2,24,25,27,28)/p+1/t19-/m0/s1. The summed E-state index contributed by atoms with van der Waals surface area (Å²) < 4.78 is 7.54. The molecule has 0 fully saturated rings. The summed E-state index contributed by atoms with van der Waals surface area (Å²) in [5.41, 5.74) is 2.71. The molecular formula is C21H22BrN4O3S+. The Morgan fingerprint density at radius 1 is 1.33 bits per heavy atom. The molecule has 7 nitrogen and oxygen atoms in total. The molecule has 2 aromatic carbocycles. The summed E-state index contributed by atoms with van der Waals surface area (Å²) in [5, 5.41) is 19.0. The van der Waals surface area contributed by atoms with E-state index in [9.17, 15) is 9.90 Å². The molecule has 0 bridgehead atoms. The highest BCUT2D eigenvalue weighted by atomic mass is 79.9. The third kappa shape index (κ3) is 3.79. The number of halogens is 1. The van der Waals surface area contributed by atoms with Gasteiger partial charge in [0, 0.05) is 16.4 Å². The summed E-state index contributed by atoms with van der Waals surface area (Å²) in [5.74, 6) is 1.24. The Labute approximate surface area is 186 Å². The molecule has 0 aliphatic carbocycles. The predicted octanol–water partition coefficient (Wildman–Crippen LogP) is 4.07. The zero-order valence-electron chi connectivity index (χ0n) is 16.6. The first kappa shape index (κ1) is 20.7. The lowest BCUT2D eigenvalue weighted by atomic mass is 10.0. The molecule has 0 saturated heterocycles. The number of para-hydroxylation sites is 1. The summed E-state index contributed by atoms with van der Waals surface area (Å²) in [4.78, 5) is 16.0. The third-order valence-electron chi connectivity index (χ3n) is 4.91. The van der Waals surface area contributed by atoms with Crippen molar-refractivity contribution in [3.05, 3.63) is 56.8 Å². The number of phenols is 1. The molecule has 1 atom stereocenters. The molecule has 1 aliphatic rings. The number of ether oxygens (including phenoxy) is 1. The zero-order valence-corrected chi connectivity index (χ0v) is 19.0. The van der Waals surface area contributed by atoms with E-state index >= 15 is 0 Å². The highest BCUT2D eigenvalue weighted by Crippen LogP contribution is 2.39. The number of rotatable bonds is 6. The lowest BCUT2D eigenvalue weighted by Gasteiger charge is -2.23. The van der Waals surface area contributed by atoms with Crippen LogP contribution in [0.3, 0.4) is 0 Å². The van der Waals surface area contributed by atoms with Gasteiger partial charge in [0.05, 0.1) is 22.8 Å². The van der Waals surface area contributed by atoms with Crippen LogP contribution in [0.2, 0.25) is 0 Å². The van der Waals surface area contributed by atoms with Gasteiger partial charge in [0.2, 0.25) is 5.16 Å². The van der Waals surface area contributed by atoms with E-state index in [1.807, 2.05) is 24.3 Å². The number of aromatic amines is 1. The maximum Gasteiger partial charge on any atom is 0.325 e. The highest BCUT2D eigenvalue weighted by Gasteiger charge is 2.38. The predicted molar refractivity (Wildman–Crippen MR) is 120 cm³/mol. The van der Waals surface area contributed by atoms with Gasteiger partial charge in [-0.15, -0.1) is 0 Å². The van der Waals surface area contributed by atoms with Crippen molar-refractivity contribution in [3.63, 3.8) is 0 Å². The van der Waals surface area contributed by atoms with Crippen molar-refractivity contribution in [1.29, 1.82) is 0 Å². The van der Waals surface area contributed by atoms with Crippen molar-refractivity contribution in [2.75, 3.05) is 18.2 Å². The SMILES string of the molecule is CCCCSc1n[n+]2c(c(=O)[nH]1)-c1ccccc1N[C@@H]2c1cc(Br)c(O)c(OC)c1. The van der Waals surface area contributed by atoms with Crippen LogP contribution in [-0.2, 0) is 0 Å². The monoisotopic (exact) mass is 489 g/mol. The van der Waals surface area contributed by atoms with E-state index in [4.69, 9.17) is 9.84 Å². The average molecular weight is 490 g/mol. The smallest absolute Gasteiger partial charge is 0.325 e. The van der Waals surface area contributed by atoms with E-state index < -0.39 is 6.17 Å². The number of nitrogens with zero attached hydrogens (tertiary/aromatic N) is 2. The molecule has 1 aliphatic heterocycles. The van der Waals surface area contributed by atoms with Gasteiger partial charge in [0.15, 0.2) is 11.5 Å². The fraction of sp³-hybridized carbons (Fsp3) is 0.286. The van der Waals surface area contributed by atoms with Crippen LogP contribution in [0.4, 0.5) is 5.69 Å². The number of H-pyrrole nitrogens is 1. The van der Waals surface area contributed by atoms with Crippen LogP contribution < -0.4 is 20.3 Å². The number of hydrogen-bond donors (Lipinski definition) is 3. The molecule has 3 N–H and O–H groups in total. The highest BCUT2D eigenvalue weighted by molar-refractivity contribution is 9.10. The van der Waals surface area contributed by atoms with Crippen molar-refractivity contribution >= 4 is 33.4 Å². The van der Waals surface area contributed by atoms with Crippen molar-refractivity contribution in [2.45, 2.75) is 31.1 Å². The number of phenolic OH excluding ortho intramolecular Hbond substituents is 1. The number of methoxy groups -OCH3 is 1. The molecule has 30 heavy (non-hydrogen) atoms. The molecule has 4 rings (SSSR count). The van der Waals surface area contributed by atoms with E-state index in [0.29, 0.717) is 21.1 Å². The molecule has 0 amide bonds. The van der Waals surface area contributed by atoms with Gasteiger partial charge in [-0.25, -0.2) is 0 Å². The maximum absolute atomic E-state index is 13.1. The maximum atomic E-state index is 13.1. The second kappa shape index (κ2) is 8.69. The van der Waals surface area contributed by atoms with Crippen LogP contribution in [0.5, 0.6) is 11.5 Å². The third-order valence-corrected chi connectivity index (χ3v) is 6.46. The summed E-state index contributed by atoms with van der Waals surface area (Å²) >= 11 is 4.92. The molecular weight excluding hydrogens is 468 g/mol. The van der Waals surface area contributed by atoms with Crippen LogP contribution in [0.1, 0.15) is 31.5 Å². The molecule has 0 spiro atoms. The van der Waals surface area contributed by atoms with Crippen LogP contribution >= 0.6 is 27.7 Å². The summed E-state index contributed by atoms with van der Waals surface area (Å²) in [6.07, 6.45) is 1.67. The number of hydrogen-bond acceptors (Lipinski definition) is 6. The molecule has 2 heterocycles. The quantitative estimate of drug-likeness (QED) is 0.274. The molecule has 1 aromatic heterocycles. The van der Waals surface area contributed by atoms with Gasteiger partial charge in [-0.05, 0) is 51.3 Å². The van der Waals surface area contributed by atoms with E-state index in [1.165, 1.54) is 18.9 Å². The number of aromatic hydroxyl groups is 1. The number of nitrogens with one attached hydrogen (secondary N) is 2. The summed E-state index contributed by atoms with van der Waals surface area (Å²) in [6.45, 7) is 2.13. The Morgan fingerprint density at radius 2 is 2.13 bits per heavy atom. The van der Waals surface area contributed by atoms with Gasteiger partial charge in [0.1, 0.15) is 0 Å². The van der Waals surface area contributed by atoms with Crippen LogP contribution in [-0.4, -0.2) is 28.1 Å². The van der Waals surface area contributed by atoms with Crippen molar-refractivity contribution in [2.24, 2.45) is 0 Å². The van der Waals surface area contributed by atoms with Gasteiger partial charge in [-0.3, -0.25) is 9.78 Å². The van der Waals surface area contributed by atoms with E-state index in [1.54, 1.807) is 16.8 Å². The zero-order chi connectivity index (χ0) is 21.3. The first-order chi connectivity index (χ1) is 14.5. The van der Waals surface area contributed by atoms with Crippen LogP contribution in [0, 0.1) is 0 Å². The fourth-order valence-corrected chi connectivity index (χ4v) is 4.80. The van der Waals surface area contributed by atoms with Crippen molar-refractivity contribution in [3.8, 4) is 22.8 Å². The van der Waals surface area contributed by atoms with Crippen LogP contribution in [0.25, 0.3) is 11.3 Å². The van der Waals surface area contributed by atoms with Gasteiger partial charge in [-0.2, -0.15) is 0 Å². The van der Waals surface area contributed by atoms with E-state index in [-0.39, 0.29) is 11.3 Å². The van der Waals surface area contributed by atoms with Gasteiger partial charge in [-0.1, -0.05) is 37.2 Å². The van der Waals surface area contributed by atoms with Gasteiger partial charge in [0.25, 0.3) is 6.17 Å². The minimum Gasteiger partial charge on any atom is -0.503 e. The first-order valence-electron chi connectivity index (χ1n) is 9.64. The number of fused-ring (bicyclic) bond motifs is 3. The Balaban J connectivity index is 1.89. The largest absolute Gasteiger partial charge is 0.503 e. The van der Waals surface area contributed by atoms with Gasteiger partial charge >= 0.3 is 11.3 Å².